The molecule has 3 rings (SSSR count). The molecule has 5 heteroatoms. The summed E-state index contributed by atoms with van der Waals surface area (Å²) in [6, 6.07) is 6.02. The molecule has 2 atom stereocenters. The number of halogens is 1. The van der Waals surface area contributed by atoms with Gasteiger partial charge in [-0.25, -0.2) is 4.98 Å². The number of nitrogens with zero attached hydrogens (tertiary/aromatic N) is 2. The minimum atomic E-state index is -0.0270. The lowest BCUT2D eigenvalue weighted by atomic mass is 9.96. The maximum Gasteiger partial charge on any atom is 0.142 e. The van der Waals surface area contributed by atoms with Crippen molar-refractivity contribution in [1.82, 2.24) is 9.55 Å². The predicted molar refractivity (Wildman–Crippen MR) is 81.6 cm³/mol. The number of aryl methyl sites for hydroxylation is 1. The number of nitrogens with two attached hydrogens (primary N) is 1. The Labute approximate surface area is 127 Å². The molecule has 0 fully saturated rings. The van der Waals surface area contributed by atoms with Crippen LogP contribution in [-0.4, -0.2) is 9.55 Å². The van der Waals surface area contributed by atoms with Crippen LogP contribution in [0, 0.1) is 0 Å². The Morgan fingerprint density at radius 3 is 3.15 bits per heavy atom. The second-order valence-electron chi connectivity index (χ2n) is 5.14. The molecule has 2 heterocycles. The number of benzene rings is 1. The fraction of sp³-hybridized carbons (Fsp3) is 0.400. The molecule has 1 aromatic heterocycles. The number of aromatic nitrogens is 2. The Hall–Kier alpha value is -1.33. The molecule has 0 amide bonds. The van der Waals surface area contributed by atoms with Crippen LogP contribution < -0.4 is 10.5 Å². The van der Waals surface area contributed by atoms with Crippen LogP contribution in [0.1, 0.15) is 43.2 Å². The molecule has 1 aliphatic rings. The van der Waals surface area contributed by atoms with Gasteiger partial charge in [-0.2, -0.15) is 0 Å². The van der Waals surface area contributed by atoms with Gasteiger partial charge >= 0.3 is 0 Å². The first kappa shape index (κ1) is 13.6. The minimum Gasteiger partial charge on any atom is -0.484 e. The highest BCUT2D eigenvalue weighted by atomic mass is 79.9. The Balaban J connectivity index is 1.92. The molecule has 1 aromatic carbocycles. The second kappa shape index (κ2) is 5.58. The molecule has 2 aromatic rings. The normalized spacial score (nSPS) is 21.4. The molecular weight excluding hydrogens is 318 g/mol. The lowest BCUT2D eigenvalue weighted by Gasteiger charge is -2.30. The van der Waals surface area contributed by atoms with E-state index in [9.17, 15) is 0 Å². The lowest BCUT2D eigenvalue weighted by molar-refractivity contribution is 0.153. The van der Waals surface area contributed by atoms with E-state index in [1.54, 1.807) is 0 Å². The van der Waals surface area contributed by atoms with Crippen LogP contribution in [0.25, 0.3) is 0 Å². The first-order valence-corrected chi connectivity index (χ1v) is 7.70. The summed E-state index contributed by atoms with van der Waals surface area (Å²) < 4.78 is 9.30. The van der Waals surface area contributed by atoms with E-state index in [1.165, 1.54) is 0 Å². The van der Waals surface area contributed by atoms with Gasteiger partial charge in [-0.15, -0.1) is 0 Å². The Kier molecular flexibility index (Phi) is 3.81. The van der Waals surface area contributed by atoms with Gasteiger partial charge in [0.15, 0.2) is 0 Å². The van der Waals surface area contributed by atoms with Crippen LogP contribution in [0.3, 0.4) is 0 Å². The number of hydrogen-bond donors (Lipinski definition) is 1. The van der Waals surface area contributed by atoms with Crippen molar-refractivity contribution in [3.63, 3.8) is 0 Å². The summed E-state index contributed by atoms with van der Waals surface area (Å²) in [5, 5.41) is 0. The van der Waals surface area contributed by atoms with Crippen LogP contribution in [0.15, 0.2) is 35.2 Å². The van der Waals surface area contributed by atoms with Crippen molar-refractivity contribution in [3.05, 3.63) is 46.5 Å². The molecule has 0 saturated heterocycles. The van der Waals surface area contributed by atoms with Crippen LogP contribution in [-0.2, 0) is 6.54 Å². The minimum absolute atomic E-state index is 0.00169. The van der Waals surface area contributed by atoms with Crippen molar-refractivity contribution in [1.29, 1.82) is 0 Å². The highest BCUT2D eigenvalue weighted by Crippen LogP contribution is 2.40. The van der Waals surface area contributed by atoms with Crippen LogP contribution in [0.4, 0.5) is 0 Å². The fourth-order valence-electron chi connectivity index (χ4n) is 2.68. The summed E-state index contributed by atoms with van der Waals surface area (Å²) in [5.41, 5.74) is 8.47. The van der Waals surface area contributed by atoms with Gasteiger partial charge in [-0.3, -0.25) is 0 Å². The molecule has 1 aliphatic heterocycles. The van der Waals surface area contributed by atoms with Crippen molar-refractivity contribution >= 4 is 15.9 Å². The quantitative estimate of drug-likeness (QED) is 0.932. The molecule has 0 saturated carbocycles. The van der Waals surface area contributed by atoms with Gasteiger partial charge in [0.1, 0.15) is 11.9 Å². The topological polar surface area (TPSA) is 53.1 Å². The Bertz CT molecular complexity index is 611. The molecule has 2 unspecified atom stereocenters. The second-order valence-corrected chi connectivity index (χ2v) is 6.06. The van der Waals surface area contributed by atoms with Crippen LogP contribution in [0.2, 0.25) is 0 Å². The Morgan fingerprint density at radius 1 is 1.50 bits per heavy atom. The maximum atomic E-state index is 6.29. The predicted octanol–water partition coefficient (Wildman–Crippen LogP) is 3.58. The van der Waals surface area contributed by atoms with Crippen molar-refractivity contribution in [2.24, 2.45) is 5.73 Å². The van der Waals surface area contributed by atoms with Crippen molar-refractivity contribution in [3.8, 4) is 5.75 Å². The van der Waals surface area contributed by atoms with Gasteiger partial charge in [0.2, 0.25) is 0 Å². The van der Waals surface area contributed by atoms with Gasteiger partial charge < -0.3 is 15.0 Å². The van der Waals surface area contributed by atoms with E-state index < -0.39 is 0 Å². The molecule has 0 spiro atoms. The highest BCUT2D eigenvalue weighted by Gasteiger charge is 2.29. The average Bonchev–Trinajstić information content (AvgIpc) is 2.86. The van der Waals surface area contributed by atoms with Crippen molar-refractivity contribution < 1.29 is 4.74 Å². The number of ether oxygens (including phenoxy) is 1. The average molecular weight is 336 g/mol. The molecular formula is C15H18BrN3O. The molecule has 4 nitrogen and oxygen atoms in total. The molecule has 0 radical (unpaired) electrons. The number of fused-ring (bicyclic) bond motifs is 1. The standard InChI is InChI=1S/C15H18BrN3O/c1-2-5-19-9-18-8-13(19)15-7-12(17)11-4-3-10(16)6-14(11)20-15/h3-4,6,8-9,12,15H,2,5,7,17H2,1H3. The van der Waals surface area contributed by atoms with E-state index >= 15 is 0 Å². The van der Waals surface area contributed by atoms with E-state index in [2.05, 4.69) is 32.4 Å². The summed E-state index contributed by atoms with van der Waals surface area (Å²) in [4.78, 5) is 4.25. The number of imidazole rings is 1. The fourth-order valence-corrected chi connectivity index (χ4v) is 3.02. The third-order valence-corrected chi connectivity index (χ3v) is 4.14. The lowest BCUT2D eigenvalue weighted by Crippen LogP contribution is -2.25. The largest absolute Gasteiger partial charge is 0.484 e. The summed E-state index contributed by atoms with van der Waals surface area (Å²) in [6.45, 7) is 3.11. The van der Waals surface area contributed by atoms with E-state index in [-0.39, 0.29) is 12.1 Å². The van der Waals surface area contributed by atoms with Gasteiger partial charge in [0, 0.05) is 29.0 Å². The molecule has 0 aliphatic carbocycles. The summed E-state index contributed by atoms with van der Waals surface area (Å²) in [6.07, 6.45) is 5.58. The zero-order valence-corrected chi connectivity index (χ0v) is 13.0. The summed E-state index contributed by atoms with van der Waals surface area (Å²) >= 11 is 3.48. The SMILES string of the molecule is CCCn1cncc1C1CC(N)c2ccc(Br)cc2O1. The zero-order valence-electron chi connectivity index (χ0n) is 11.4. The maximum absolute atomic E-state index is 6.29. The van der Waals surface area contributed by atoms with Gasteiger partial charge in [0.25, 0.3) is 0 Å². The van der Waals surface area contributed by atoms with Gasteiger partial charge in [-0.05, 0) is 18.6 Å². The summed E-state index contributed by atoms with van der Waals surface area (Å²) in [7, 11) is 0. The van der Waals surface area contributed by atoms with E-state index in [0.29, 0.717) is 0 Å². The van der Waals surface area contributed by atoms with Crippen molar-refractivity contribution in [2.75, 3.05) is 0 Å². The smallest absolute Gasteiger partial charge is 0.142 e. The third kappa shape index (κ3) is 2.47. The van der Waals surface area contributed by atoms with E-state index in [0.717, 1.165) is 40.9 Å². The first-order valence-electron chi connectivity index (χ1n) is 6.90. The van der Waals surface area contributed by atoms with Crippen LogP contribution >= 0.6 is 15.9 Å². The monoisotopic (exact) mass is 335 g/mol. The van der Waals surface area contributed by atoms with E-state index in [4.69, 9.17) is 10.5 Å². The van der Waals surface area contributed by atoms with Crippen molar-refractivity contribution in [2.45, 2.75) is 38.5 Å². The Morgan fingerprint density at radius 2 is 2.35 bits per heavy atom. The highest BCUT2D eigenvalue weighted by molar-refractivity contribution is 9.10. The third-order valence-electron chi connectivity index (χ3n) is 3.65. The van der Waals surface area contributed by atoms with E-state index in [1.807, 2.05) is 30.7 Å². The molecule has 106 valence electrons. The molecule has 20 heavy (non-hydrogen) atoms. The molecule has 0 bridgehead atoms. The first-order chi connectivity index (χ1) is 9.69. The van der Waals surface area contributed by atoms with Gasteiger partial charge in [0.05, 0.1) is 18.2 Å². The van der Waals surface area contributed by atoms with Gasteiger partial charge in [-0.1, -0.05) is 28.9 Å². The summed E-state index contributed by atoms with van der Waals surface area (Å²) in [5.74, 6) is 0.868. The molecule has 2 N–H and O–H groups in total. The number of rotatable bonds is 3. The zero-order chi connectivity index (χ0) is 14.1. The number of hydrogen-bond acceptors (Lipinski definition) is 3. The van der Waals surface area contributed by atoms with Crippen LogP contribution in [0.5, 0.6) is 5.75 Å².